The first-order chi connectivity index (χ1) is 7.77. The third-order valence-electron chi connectivity index (χ3n) is 2.68. The lowest BCUT2D eigenvalue weighted by Gasteiger charge is -2.11. The Kier molecular flexibility index (Phi) is 5.62. The van der Waals surface area contributed by atoms with Gasteiger partial charge in [-0.15, -0.1) is 0 Å². The Morgan fingerprint density at radius 3 is 2.50 bits per heavy atom. The molecule has 1 aromatic carbocycles. The molecule has 2 nitrogen and oxygen atoms in total. The summed E-state index contributed by atoms with van der Waals surface area (Å²) >= 11 is 0. The summed E-state index contributed by atoms with van der Waals surface area (Å²) in [5, 5.41) is 0. The summed E-state index contributed by atoms with van der Waals surface area (Å²) in [7, 11) is 0. The molecule has 2 heteroatoms. The van der Waals surface area contributed by atoms with Gasteiger partial charge in [0.05, 0.1) is 11.9 Å². The van der Waals surface area contributed by atoms with Gasteiger partial charge in [-0.3, -0.25) is 4.99 Å². The number of nitrogens with zero attached hydrogens (tertiary/aromatic N) is 1. The Hall–Kier alpha value is -1.31. The van der Waals surface area contributed by atoms with Gasteiger partial charge in [0, 0.05) is 6.42 Å². The molecule has 0 saturated carbocycles. The maximum Gasteiger partial charge on any atom is 0.0944 e. The summed E-state index contributed by atoms with van der Waals surface area (Å²) in [6.45, 7) is 4.32. The van der Waals surface area contributed by atoms with Crippen LogP contribution in [0.3, 0.4) is 0 Å². The highest BCUT2D eigenvalue weighted by Crippen LogP contribution is 2.20. The molecule has 1 atom stereocenters. The first-order valence-corrected chi connectivity index (χ1v) is 6.15. The molecule has 16 heavy (non-hydrogen) atoms. The van der Waals surface area contributed by atoms with Crippen molar-refractivity contribution in [3.8, 4) is 0 Å². The summed E-state index contributed by atoms with van der Waals surface area (Å²) in [5.74, 6) is 0.789. The molecule has 0 amide bonds. The fraction of sp³-hybridized carbons (Fsp3) is 0.500. The van der Waals surface area contributed by atoms with Crippen molar-refractivity contribution >= 4 is 5.84 Å². The Labute approximate surface area is 98.6 Å². The average Bonchev–Trinajstić information content (AvgIpc) is 2.34. The van der Waals surface area contributed by atoms with E-state index in [1.54, 1.807) is 0 Å². The minimum absolute atomic E-state index is 0.220. The maximum atomic E-state index is 5.92. The second-order valence-electron chi connectivity index (χ2n) is 4.06. The zero-order valence-electron chi connectivity index (χ0n) is 10.3. The van der Waals surface area contributed by atoms with Gasteiger partial charge in [0.1, 0.15) is 0 Å². The Morgan fingerprint density at radius 2 is 1.94 bits per heavy atom. The van der Waals surface area contributed by atoms with Crippen LogP contribution in [0.4, 0.5) is 0 Å². The van der Waals surface area contributed by atoms with Gasteiger partial charge in [0.25, 0.3) is 0 Å². The molecule has 0 aliphatic carbocycles. The van der Waals surface area contributed by atoms with E-state index in [1.165, 1.54) is 12.0 Å². The Morgan fingerprint density at radius 1 is 1.25 bits per heavy atom. The standard InChI is InChI=1S/C14H22N2/c1-3-5-11-14(15)16-13(4-2)12-9-7-6-8-10-12/h6-10,13H,3-5,11H2,1-2H3,(H2,15,16)/t13-/m0/s1. The zero-order valence-corrected chi connectivity index (χ0v) is 10.3. The monoisotopic (exact) mass is 218 g/mol. The lowest BCUT2D eigenvalue weighted by molar-refractivity contribution is 0.693. The molecular weight excluding hydrogens is 196 g/mol. The number of amidine groups is 1. The van der Waals surface area contributed by atoms with Crippen LogP contribution >= 0.6 is 0 Å². The van der Waals surface area contributed by atoms with Gasteiger partial charge in [0.2, 0.25) is 0 Å². The van der Waals surface area contributed by atoms with Crippen LogP contribution in [-0.4, -0.2) is 5.84 Å². The second kappa shape index (κ2) is 7.04. The minimum atomic E-state index is 0.220. The van der Waals surface area contributed by atoms with Crippen LogP contribution in [0.25, 0.3) is 0 Å². The van der Waals surface area contributed by atoms with Gasteiger partial charge in [-0.1, -0.05) is 50.6 Å². The Bertz CT molecular complexity index is 317. The third-order valence-corrected chi connectivity index (χ3v) is 2.68. The van der Waals surface area contributed by atoms with Crippen LogP contribution in [0.5, 0.6) is 0 Å². The lowest BCUT2D eigenvalue weighted by atomic mass is 10.1. The molecule has 0 fully saturated rings. The molecule has 1 rings (SSSR count). The molecule has 0 spiro atoms. The first kappa shape index (κ1) is 12.8. The van der Waals surface area contributed by atoms with E-state index < -0.39 is 0 Å². The van der Waals surface area contributed by atoms with Crippen LogP contribution in [0.2, 0.25) is 0 Å². The SMILES string of the molecule is CCCCC(N)=N[C@@H](CC)c1ccccc1. The normalized spacial score (nSPS) is 13.8. The van der Waals surface area contributed by atoms with Crippen molar-refractivity contribution in [3.63, 3.8) is 0 Å². The maximum absolute atomic E-state index is 5.92. The van der Waals surface area contributed by atoms with Gasteiger partial charge in [-0.2, -0.15) is 0 Å². The Balaban J connectivity index is 2.68. The number of hydrogen-bond acceptors (Lipinski definition) is 1. The largest absolute Gasteiger partial charge is 0.387 e. The smallest absolute Gasteiger partial charge is 0.0944 e. The van der Waals surface area contributed by atoms with Crippen molar-refractivity contribution in [2.24, 2.45) is 10.7 Å². The van der Waals surface area contributed by atoms with Crippen LogP contribution in [0.15, 0.2) is 35.3 Å². The molecule has 0 aliphatic heterocycles. The highest BCUT2D eigenvalue weighted by atomic mass is 14.9. The van der Waals surface area contributed by atoms with Crippen molar-refractivity contribution in [3.05, 3.63) is 35.9 Å². The molecule has 0 aromatic heterocycles. The van der Waals surface area contributed by atoms with E-state index in [2.05, 4.69) is 43.1 Å². The molecule has 0 heterocycles. The van der Waals surface area contributed by atoms with Crippen molar-refractivity contribution < 1.29 is 0 Å². The summed E-state index contributed by atoms with van der Waals surface area (Å²) in [6, 6.07) is 10.6. The number of rotatable bonds is 6. The quantitative estimate of drug-likeness (QED) is 0.574. The van der Waals surface area contributed by atoms with Crippen LogP contribution < -0.4 is 5.73 Å². The fourth-order valence-corrected chi connectivity index (χ4v) is 1.70. The van der Waals surface area contributed by atoms with Crippen molar-refractivity contribution in [2.45, 2.75) is 45.6 Å². The van der Waals surface area contributed by atoms with E-state index >= 15 is 0 Å². The number of unbranched alkanes of at least 4 members (excludes halogenated alkanes) is 1. The van der Waals surface area contributed by atoms with Gasteiger partial charge in [-0.25, -0.2) is 0 Å². The minimum Gasteiger partial charge on any atom is -0.387 e. The van der Waals surface area contributed by atoms with Crippen LogP contribution in [0, 0.1) is 0 Å². The summed E-state index contributed by atoms with van der Waals surface area (Å²) < 4.78 is 0. The summed E-state index contributed by atoms with van der Waals surface area (Å²) in [5.41, 5.74) is 7.18. The number of hydrogen-bond donors (Lipinski definition) is 1. The topological polar surface area (TPSA) is 38.4 Å². The zero-order chi connectivity index (χ0) is 11.8. The number of nitrogens with two attached hydrogens (primary N) is 1. The predicted octanol–water partition coefficient (Wildman–Crippen LogP) is 3.69. The number of aliphatic imine (C=N–C) groups is 1. The molecule has 0 bridgehead atoms. The first-order valence-electron chi connectivity index (χ1n) is 6.15. The van der Waals surface area contributed by atoms with Crippen LogP contribution in [-0.2, 0) is 0 Å². The van der Waals surface area contributed by atoms with E-state index in [9.17, 15) is 0 Å². The summed E-state index contributed by atoms with van der Waals surface area (Å²) in [4.78, 5) is 4.60. The van der Waals surface area contributed by atoms with E-state index in [4.69, 9.17) is 5.73 Å². The molecule has 0 radical (unpaired) electrons. The molecule has 2 N–H and O–H groups in total. The van der Waals surface area contributed by atoms with E-state index in [-0.39, 0.29) is 6.04 Å². The predicted molar refractivity (Wildman–Crippen MR) is 70.6 cm³/mol. The molecule has 0 saturated heterocycles. The average molecular weight is 218 g/mol. The van der Waals surface area contributed by atoms with E-state index in [0.717, 1.165) is 25.1 Å². The summed E-state index contributed by atoms with van der Waals surface area (Å²) in [6.07, 6.45) is 4.20. The van der Waals surface area contributed by atoms with Crippen molar-refractivity contribution in [1.29, 1.82) is 0 Å². The van der Waals surface area contributed by atoms with Gasteiger partial charge < -0.3 is 5.73 Å². The number of benzene rings is 1. The lowest BCUT2D eigenvalue weighted by Crippen LogP contribution is -2.13. The fourth-order valence-electron chi connectivity index (χ4n) is 1.70. The van der Waals surface area contributed by atoms with Crippen molar-refractivity contribution in [1.82, 2.24) is 0 Å². The molecule has 1 aromatic rings. The van der Waals surface area contributed by atoms with Gasteiger partial charge in [0.15, 0.2) is 0 Å². The van der Waals surface area contributed by atoms with E-state index in [0.29, 0.717) is 0 Å². The third kappa shape index (κ3) is 4.05. The van der Waals surface area contributed by atoms with Gasteiger partial charge in [-0.05, 0) is 18.4 Å². The molecule has 0 unspecified atom stereocenters. The highest BCUT2D eigenvalue weighted by Gasteiger charge is 2.07. The van der Waals surface area contributed by atoms with Crippen molar-refractivity contribution in [2.75, 3.05) is 0 Å². The molecule has 88 valence electrons. The van der Waals surface area contributed by atoms with E-state index in [1.807, 2.05) is 6.07 Å². The molecular formula is C14H22N2. The van der Waals surface area contributed by atoms with Crippen LogP contribution in [0.1, 0.15) is 51.1 Å². The highest BCUT2D eigenvalue weighted by molar-refractivity contribution is 5.80. The van der Waals surface area contributed by atoms with Gasteiger partial charge >= 0.3 is 0 Å². The second-order valence-corrected chi connectivity index (χ2v) is 4.06. The molecule has 0 aliphatic rings.